The first-order valence-electron chi connectivity index (χ1n) is 8.68. The third-order valence-electron chi connectivity index (χ3n) is 4.90. The first-order valence-corrected chi connectivity index (χ1v) is 8.68. The number of nitrogens with zero attached hydrogens (tertiary/aromatic N) is 3. The number of carbonyl (C=O) groups excluding carboxylic acids is 1. The maximum absolute atomic E-state index is 12.6. The van der Waals surface area contributed by atoms with Crippen molar-refractivity contribution in [3.05, 3.63) is 42.7 Å². The van der Waals surface area contributed by atoms with Crippen molar-refractivity contribution >= 4 is 11.6 Å². The summed E-state index contributed by atoms with van der Waals surface area (Å²) in [6.07, 6.45) is 4.57. The number of para-hydroxylation sites is 2. The number of aromatic nitrogens is 2. The van der Waals surface area contributed by atoms with Crippen molar-refractivity contribution < 1.29 is 9.53 Å². The highest BCUT2D eigenvalue weighted by atomic mass is 16.5. The van der Waals surface area contributed by atoms with Crippen LogP contribution in [0.3, 0.4) is 0 Å². The summed E-state index contributed by atoms with van der Waals surface area (Å²) in [7, 11) is 1.70. The van der Waals surface area contributed by atoms with Crippen LogP contribution in [0.5, 0.6) is 5.75 Å². The Labute approximate surface area is 148 Å². The standard InChI is InChI=1S/C19H26N4O2/c1-19(2,23-11-6-10-21-23)18(24)20-13-15-9-12-22(14-15)16-7-4-5-8-17(16)25-3/h4-8,10-11,15H,9,12-14H2,1-3H3,(H,20,24). The molecule has 2 aromatic rings. The van der Waals surface area contributed by atoms with E-state index < -0.39 is 5.54 Å². The molecule has 0 radical (unpaired) electrons. The molecular weight excluding hydrogens is 316 g/mol. The maximum Gasteiger partial charge on any atom is 0.247 e. The molecule has 1 aliphatic heterocycles. The molecule has 1 aliphatic rings. The number of methoxy groups -OCH3 is 1. The van der Waals surface area contributed by atoms with E-state index in [4.69, 9.17) is 4.74 Å². The van der Waals surface area contributed by atoms with Gasteiger partial charge in [0, 0.05) is 32.0 Å². The third-order valence-corrected chi connectivity index (χ3v) is 4.90. The molecular formula is C19H26N4O2. The number of amides is 1. The monoisotopic (exact) mass is 342 g/mol. The van der Waals surface area contributed by atoms with Crippen molar-refractivity contribution in [3.63, 3.8) is 0 Å². The highest BCUT2D eigenvalue weighted by Gasteiger charge is 2.31. The SMILES string of the molecule is COc1ccccc1N1CCC(CNC(=O)C(C)(C)n2cccn2)C1. The van der Waals surface area contributed by atoms with Gasteiger partial charge in [-0.25, -0.2) is 0 Å². The summed E-state index contributed by atoms with van der Waals surface area (Å²) in [5.41, 5.74) is 0.431. The second-order valence-electron chi connectivity index (χ2n) is 6.99. The number of hydrogen-bond acceptors (Lipinski definition) is 4. The van der Waals surface area contributed by atoms with Crippen molar-refractivity contribution in [3.8, 4) is 5.75 Å². The third kappa shape index (κ3) is 3.62. The van der Waals surface area contributed by atoms with E-state index in [9.17, 15) is 4.79 Å². The van der Waals surface area contributed by atoms with E-state index in [1.165, 1.54) is 0 Å². The average molecular weight is 342 g/mol. The van der Waals surface area contributed by atoms with Gasteiger partial charge in [0.25, 0.3) is 0 Å². The summed E-state index contributed by atoms with van der Waals surface area (Å²) in [5.74, 6) is 1.32. The van der Waals surface area contributed by atoms with Crippen LogP contribution in [0.25, 0.3) is 0 Å². The number of rotatable bonds is 6. The molecule has 1 aromatic carbocycles. The molecule has 1 atom stereocenters. The minimum absolute atomic E-state index is 0.00746. The smallest absolute Gasteiger partial charge is 0.247 e. The number of nitrogens with one attached hydrogen (secondary N) is 1. The van der Waals surface area contributed by atoms with Gasteiger partial charge in [-0.15, -0.1) is 0 Å². The van der Waals surface area contributed by atoms with Crippen LogP contribution >= 0.6 is 0 Å². The molecule has 0 spiro atoms. The molecule has 2 heterocycles. The van der Waals surface area contributed by atoms with Gasteiger partial charge in [0.05, 0.1) is 12.8 Å². The normalized spacial score (nSPS) is 17.6. The lowest BCUT2D eigenvalue weighted by Crippen LogP contribution is -2.46. The Balaban J connectivity index is 1.56. The van der Waals surface area contributed by atoms with Gasteiger partial charge in [-0.3, -0.25) is 9.48 Å². The number of ether oxygens (including phenoxy) is 1. The maximum atomic E-state index is 12.6. The molecule has 0 aliphatic carbocycles. The van der Waals surface area contributed by atoms with Gasteiger partial charge in [0.15, 0.2) is 0 Å². The Morgan fingerprint density at radius 2 is 2.16 bits per heavy atom. The van der Waals surface area contributed by atoms with Gasteiger partial charge in [0.2, 0.25) is 5.91 Å². The molecule has 134 valence electrons. The zero-order valence-corrected chi connectivity index (χ0v) is 15.1. The van der Waals surface area contributed by atoms with Crippen LogP contribution in [-0.2, 0) is 10.3 Å². The summed E-state index contributed by atoms with van der Waals surface area (Å²) in [5, 5.41) is 7.29. The molecule has 1 saturated heterocycles. The Bertz CT molecular complexity index is 712. The van der Waals surface area contributed by atoms with E-state index in [0.29, 0.717) is 12.5 Å². The van der Waals surface area contributed by atoms with E-state index in [0.717, 1.165) is 30.9 Å². The molecule has 25 heavy (non-hydrogen) atoms. The Morgan fingerprint density at radius 3 is 2.88 bits per heavy atom. The van der Waals surface area contributed by atoms with Gasteiger partial charge in [-0.1, -0.05) is 12.1 Å². The minimum Gasteiger partial charge on any atom is -0.495 e. The fraction of sp³-hybridized carbons (Fsp3) is 0.474. The van der Waals surface area contributed by atoms with Gasteiger partial charge in [-0.2, -0.15) is 5.10 Å². The molecule has 6 heteroatoms. The Hall–Kier alpha value is -2.50. The molecule has 1 unspecified atom stereocenters. The van der Waals surface area contributed by atoms with Gasteiger partial charge in [-0.05, 0) is 44.4 Å². The molecule has 6 nitrogen and oxygen atoms in total. The molecule has 1 N–H and O–H groups in total. The lowest BCUT2D eigenvalue weighted by Gasteiger charge is -2.25. The fourth-order valence-corrected chi connectivity index (χ4v) is 3.27. The summed E-state index contributed by atoms with van der Waals surface area (Å²) >= 11 is 0. The molecule has 1 fully saturated rings. The Kier molecular flexibility index (Phi) is 4.97. The fourth-order valence-electron chi connectivity index (χ4n) is 3.27. The van der Waals surface area contributed by atoms with Crippen LogP contribution in [0, 0.1) is 5.92 Å². The molecule has 0 bridgehead atoms. The largest absolute Gasteiger partial charge is 0.495 e. The molecule has 0 saturated carbocycles. The number of hydrogen-bond donors (Lipinski definition) is 1. The van der Waals surface area contributed by atoms with Crippen molar-refractivity contribution in [2.75, 3.05) is 31.6 Å². The predicted molar refractivity (Wildman–Crippen MR) is 97.9 cm³/mol. The van der Waals surface area contributed by atoms with Crippen LogP contribution in [0.1, 0.15) is 20.3 Å². The van der Waals surface area contributed by atoms with Crippen molar-refractivity contribution in [1.29, 1.82) is 0 Å². The molecule has 1 amide bonds. The van der Waals surface area contributed by atoms with Crippen LogP contribution < -0.4 is 15.0 Å². The van der Waals surface area contributed by atoms with Crippen LogP contribution in [0.4, 0.5) is 5.69 Å². The topological polar surface area (TPSA) is 59.4 Å². The summed E-state index contributed by atoms with van der Waals surface area (Å²) in [6.45, 7) is 6.33. The van der Waals surface area contributed by atoms with Gasteiger partial charge >= 0.3 is 0 Å². The van der Waals surface area contributed by atoms with E-state index in [2.05, 4.69) is 21.4 Å². The van der Waals surface area contributed by atoms with Gasteiger partial charge in [0.1, 0.15) is 11.3 Å². The Morgan fingerprint density at radius 1 is 1.36 bits per heavy atom. The predicted octanol–water partition coefficient (Wildman–Crippen LogP) is 2.27. The zero-order chi connectivity index (χ0) is 17.9. The number of benzene rings is 1. The summed E-state index contributed by atoms with van der Waals surface area (Å²) in [6, 6.07) is 9.90. The van der Waals surface area contributed by atoms with E-state index in [1.54, 1.807) is 18.0 Å². The van der Waals surface area contributed by atoms with E-state index in [1.807, 2.05) is 44.3 Å². The zero-order valence-electron chi connectivity index (χ0n) is 15.1. The quantitative estimate of drug-likeness (QED) is 0.875. The lowest BCUT2D eigenvalue weighted by molar-refractivity contribution is -0.129. The molecule has 1 aromatic heterocycles. The van der Waals surface area contributed by atoms with Crippen LogP contribution in [0.2, 0.25) is 0 Å². The minimum atomic E-state index is -0.690. The highest BCUT2D eigenvalue weighted by molar-refractivity contribution is 5.83. The second kappa shape index (κ2) is 7.17. The summed E-state index contributed by atoms with van der Waals surface area (Å²) in [4.78, 5) is 14.9. The summed E-state index contributed by atoms with van der Waals surface area (Å²) < 4.78 is 7.15. The first kappa shape index (κ1) is 17.3. The van der Waals surface area contributed by atoms with Gasteiger partial charge < -0.3 is 15.0 Å². The molecule has 3 rings (SSSR count). The second-order valence-corrected chi connectivity index (χ2v) is 6.99. The van der Waals surface area contributed by atoms with Crippen LogP contribution in [-0.4, -0.2) is 42.4 Å². The van der Waals surface area contributed by atoms with Crippen molar-refractivity contribution in [1.82, 2.24) is 15.1 Å². The number of anilines is 1. The van der Waals surface area contributed by atoms with Crippen molar-refractivity contribution in [2.24, 2.45) is 5.92 Å². The van der Waals surface area contributed by atoms with Crippen molar-refractivity contribution in [2.45, 2.75) is 25.8 Å². The highest BCUT2D eigenvalue weighted by Crippen LogP contribution is 2.31. The van der Waals surface area contributed by atoms with E-state index in [-0.39, 0.29) is 5.91 Å². The number of carbonyl (C=O) groups is 1. The average Bonchev–Trinajstić information content (AvgIpc) is 3.31. The van der Waals surface area contributed by atoms with E-state index >= 15 is 0 Å². The van der Waals surface area contributed by atoms with Crippen LogP contribution in [0.15, 0.2) is 42.7 Å². The lowest BCUT2D eigenvalue weighted by atomic mass is 10.0. The first-order chi connectivity index (χ1) is 12.0.